The van der Waals surface area contributed by atoms with Crippen LogP contribution in [0, 0.1) is 12.7 Å². The van der Waals surface area contributed by atoms with E-state index in [9.17, 15) is 12.8 Å². The lowest BCUT2D eigenvalue weighted by molar-refractivity contribution is 0.305. The van der Waals surface area contributed by atoms with Gasteiger partial charge < -0.3 is 4.74 Å². The highest BCUT2D eigenvalue weighted by atomic mass is 79.9. The first kappa shape index (κ1) is 16.3. The molecule has 2 aromatic carbocycles. The van der Waals surface area contributed by atoms with Crippen molar-refractivity contribution in [2.24, 2.45) is 0 Å². The topological polar surface area (TPSA) is 43.4 Å². The second-order valence-electron chi connectivity index (χ2n) is 4.39. The van der Waals surface area contributed by atoms with E-state index in [0.29, 0.717) is 15.8 Å². The molecule has 0 atom stereocenters. The van der Waals surface area contributed by atoms with Crippen LogP contribution in [0.5, 0.6) is 5.75 Å². The van der Waals surface area contributed by atoms with Gasteiger partial charge in [-0.2, -0.15) is 0 Å². The fourth-order valence-electron chi connectivity index (χ4n) is 1.79. The lowest BCUT2D eigenvalue weighted by Gasteiger charge is -2.10. The number of ether oxygens (including phenoxy) is 1. The van der Waals surface area contributed by atoms with Gasteiger partial charge in [0.1, 0.15) is 18.2 Å². The average Bonchev–Trinajstić information content (AvgIpc) is 2.36. The first-order valence-electron chi connectivity index (χ1n) is 5.89. The standard InChI is InChI=1S/C14H11BrClFO3S/c1-9-6-12(4-5-14(9)21(16,18)19)20-8-10-2-3-11(17)7-13(10)15/h2-7H,8H2,1H3. The second kappa shape index (κ2) is 6.34. The molecule has 0 amide bonds. The maximum Gasteiger partial charge on any atom is 0.261 e. The molecule has 0 aliphatic rings. The quantitative estimate of drug-likeness (QED) is 0.723. The van der Waals surface area contributed by atoms with Gasteiger partial charge in [-0.15, -0.1) is 0 Å². The number of aryl methyl sites for hydroxylation is 1. The average molecular weight is 394 g/mol. The first-order valence-corrected chi connectivity index (χ1v) is 8.99. The van der Waals surface area contributed by atoms with Crippen LogP contribution in [0.4, 0.5) is 4.39 Å². The van der Waals surface area contributed by atoms with Crippen molar-refractivity contribution >= 4 is 35.7 Å². The highest BCUT2D eigenvalue weighted by molar-refractivity contribution is 9.10. The van der Waals surface area contributed by atoms with Crippen molar-refractivity contribution < 1.29 is 17.5 Å². The van der Waals surface area contributed by atoms with E-state index in [0.717, 1.165) is 5.56 Å². The van der Waals surface area contributed by atoms with Crippen molar-refractivity contribution in [3.63, 3.8) is 0 Å². The Bertz CT molecular complexity index is 778. The van der Waals surface area contributed by atoms with E-state index in [1.54, 1.807) is 19.1 Å². The number of hydrogen-bond acceptors (Lipinski definition) is 3. The van der Waals surface area contributed by atoms with Crippen LogP contribution < -0.4 is 4.74 Å². The monoisotopic (exact) mass is 392 g/mol. The third-order valence-electron chi connectivity index (χ3n) is 2.82. The molecule has 2 aromatic rings. The summed E-state index contributed by atoms with van der Waals surface area (Å²) in [6.07, 6.45) is 0. The Morgan fingerprint density at radius 1 is 1.24 bits per heavy atom. The first-order chi connectivity index (χ1) is 9.77. The maximum absolute atomic E-state index is 13.0. The molecule has 0 fully saturated rings. The highest BCUT2D eigenvalue weighted by Crippen LogP contribution is 2.25. The molecule has 2 rings (SSSR count). The summed E-state index contributed by atoms with van der Waals surface area (Å²) in [5.41, 5.74) is 1.28. The van der Waals surface area contributed by atoms with Gasteiger partial charge >= 0.3 is 0 Å². The van der Waals surface area contributed by atoms with Crippen LogP contribution in [0.2, 0.25) is 0 Å². The van der Waals surface area contributed by atoms with E-state index in [2.05, 4.69) is 15.9 Å². The zero-order valence-corrected chi connectivity index (χ0v) is 14.1. The van der Waals surface area contributed by atoms with Gasteiger partial charge in [-0.1, -0.05) is 22.0 Å². The Morgan fingerprint density at radius 3 is 2.52 bits per heavy atom. The molecule has 7 heteroatoms. The smallest absolute Gasteiger partial charge is 0.261 e. The van der Waals surface area contributed by atoms with Gasteiger partial charge in [-0.05, 0) is 42.8 Å². The minimum Gasteiger partial charge on any atom is -0.489 e. The number of hydrogen-bond donors (Lipinski definition) is 0. The molecular weight excluding hydrogens is 383 g/mol. The molecule has 0 bridgehead atoms. The normalized spacial score (nSPS) is 11.4. The minimum absolute atomic E-state index is 0.0551. The van der Waals surface area contributed by atoms with E-state index in [1.807, 2.05) is 0 Å². The van der Waals surface area contributed by atoms with Crippen LogP contribution in [0.15, 0.2) is 45.8 Å². The summed E-state index contributed by atoms with van der Waals surface area (Å²) < 4.78 is 41.8. The summed E-state index contributed by atoms with van der Waals surface area (Å²) >= 11 is 3.26. The van der Waals surface area contributed by atoms with Gasteiger partial charge in [0.15, 0.2) is 0 Å². The van der Waals surface area contributed by atoms with Gasteiger partial charge in [0.2, 0.25) is 0 Å². The molecule has 0 unspecified atom stereocenters. The molecule has 0 saturated heterocycles. The molecule has 21 heavy (non-hydrogen) atoms. The number of rotatable bonds is 4. The minimum atomic E-state index is -3.76. The summed E-state index contributed by atoms with van der Waals surface area (Å²) in [5.74, 6) is 0.172. The van der Waals surface area contributed by atoms with Gasteiger partial charge in [0.25, 0.3) is 9.05 Å². The van der Waals surface area contributed by atoms with Gasteiger partial charge in [-0.25, -0.2) is 12.8 Å². The van der Waals surface area contributed by atoms with Crippen molar-refractivity contribution in [3.8, 4) is 5.75 Å². The predicted molar refractivity (Wildman–Crippen MR) is 82.6 cm³/mol. The van der Waals surface area contributed by atoms with E-state index in [1.165, 1.54) is 24.3 Å². The summed E-state index contributed by atoms with van der Waals surface area (Å²) in [4.78, 5) is 0.0551. The van der Waals surface area contributed by atoms with Crippen LogP contribution in [0.1, 0.15) is 11.1 Å². The zero-order valence-electron chi connectivity index (χ0n) is 10.9. The Labute approximate surface area is 135 Å². The summed E-state index contributed by atoms with van der Waals surface area (Å²) in [6, 6.07) is 8.83. The van der Waals surface area contributed by atoms with Crippen molar-refractivity contribution in [2.45, 2.75) is 18.4 Å². The molecule has 0 spiro atoms. The molecule has 0 saturated carbocycles. The van der Waals surface area contributed by atoms with Crippen molar-refractivity contribution in [1.82, 2.24) is 0 Å². The maximum atomic E-state index is 13.0. The second-order valence-corrected chi connectivity index (χ2v) is 7.78. The molecule has 0 aliphatic heterocycles. The third kappa shape index (κ3) is 4.18. The molecule has 0 radical (unpaired) electrons. The van der Waals surface area contributed by atoms with Gasteiger partial charge in [0, 0.05) is 20.7 Å². The van der Waals surface area contributed by atoms with Crippen LogP contribution in [-0.4, -0.2) is 8.42 Å². The largest absolute Gasteiger partial charge is 0.489 e. The highest BCUT2D eigenvalue weighted by Gasteiger charge is 2.13. The Morgan fingerprint density at radius 2 is 1.95 bits per heavy atom. The van der Waals surface area contributed by atoms with Gasteiger partial charge in [-0.3, -0.25) is 0 Å². The Balaban J connectivity index is 2.16. The molecular formula is C14H11BrClFO3S. The molecule has 0 N–H and O–H groups in total. The Kier molecular flexibility index (Phi) is 4.91. The third-order valence-corrected chi connectivity index (χ3v) is 5.04. The van der Waals surface area contributed by atoms with Crippen LogP contribution >= 0.6 is 26.6 Å². The van der Waals surface area contributed by atoms with Crippen molar-refractivity contribution in [3.05, 3.63) is 57.8 Å². The van der Waals surface area contributed by atoms with Crippen LogP contribution in [0.3, 0.4) is 0 Å². The molecule has 3 nitrogen and oxygen atoms in total. The van der Waals surface area contributed by atoms with E-state index >= 15 is 0 Å². The fourth-order valence-corrected chi connectivity index (χ4v) is 3.44. The van der Waals surface area contributed by atoms with Crippen molar-refractivity contribution in [2.75, 3.05) is 0 Å². The predicted octanol–water partition coefficient (Wildman–Crippen LogP) is 4.40. The molecule has 112 valence electrons. The summed E-state index contributed by atoms with van der Waals surface area (Å²) in [5, 5.41) is 0. The fraction of sp³-hybridized carbons (Fsp3) is 0.143. The van der Waals surface area contributed by atoms with E-state index < -0.39 is 9.05 Å². The number of benzene rings is 2. The van der Waals surface area contributed by atoms with Gasteiger partial charge in [0.05, 0.1) is 4.90 Å². The van der Waals surface area contributed by atoms with Crippen LogP contribution in [0.25, 0.3) is 0 Å². The van der Waals surface area contributed by atoms with E-state index in [-0.39, 0.29) is 17.3 Å². The summed E-state index contributed by atoms with van der Waals surface area (Å²) in [6.45, 7) is 1.86. The molecule has 0 aromatic heterocycles. The summed E-state index contributed by atoms with van der Waals surface area (Å²) in [7, 11) is 1.55. The SMILES string of the molecule is Cc1cc(OCc2ccc(F)cc2Br)ccc1S(=O)(=O)Cl. The van der Waals surface area contributed by atoms with Crippen molar-refractivity contribution in [1.29, 1.82) is 0 Å². The lowest BCUT2D eigenvalue weighted by atomic mass is 10.2. The van der Waals surface area contributed by atoms with Crippen LogP contribution in [-0.2, 0) is 15.7 Å². The zero-order chi connectivity index (χ0) is 15.6. The number of halogens is 3. The Hall–Kier alpha value is -1.11. The molecule has 0 aliphatic carbocycles. The molecule has 0 heterocycles. The van der Waals surface area contributed by atoms with E-state index in [4.69, 9.17) is 15.4 Å². The lowest BCUT2D eigenvalue weighted by Crippen LogP contribution is -1.99.